The van der Waals surface area contributed by atoms with E-state index in [1.54, 1.807) is 0 Å². The number of hydrogen-bond donors (Lipinski definition) is 3. The second-order valence-corrected chi connectivity index (χ2v) is 6.02. The van der Waals surface area contributed by atoms with E-state index in [0.717, 1.165) is 19.3 Å². The maximum atomic E-state index is 12.0. The van der Waals surface area contributed by atoms with E-state index in [0.29, 0.717) is 0 Å². The molecular weight excluding hydrogens is 230 g/mol. The van der Waals surface area contributed by atoms with E-state index in [9.17, 15) is 8.42 Å². The summed E-state index contributed by atoms with van der Waals surface area (Å²) in [5.74, 6) is 0. The SMILES string of the molecule is CC1(NS(=O)(=O)c2[nH]ncc2CO)CCC1. The minimum atomic E-state index is -3.61. The Balaban J connectivity index is 2.25. The molecule has 0 bridgehead atoms. The highest BCUT2D eigenvalue weighted by Gasteiger charge is 2.37. The normalized spacial score (nSPS) is 19.4. The van der Waals surface area contributed by atoms with E-state index in [4.69, 9.17) is 5.11 Å². The molecule has 16 heavy (non-hydrogen) atoms. The smallest absolute Gasteiger partial charge is 0.258 e. The first-order valence-corrected chi connectivity index (χ1v) is 6.62. The Labute approximate surface area is 94.1 Å². The van der Waals surface area contributed by atoms with Gasteiger partial charge in [0.2, 0.25) is 0 Å². The Morgan fingerprint density at radius 3 is 2.81 bits per heavy atom. The van der Waals surface area contributed by atoms with E-state index in [1.165, 1.54) is 6.20 Å². The average Bonchev–Trinajstić information content (AvgIpc) is 2.63. The van der Waals surface area contributed by atoms with Gasteiger partial charge in [0.1, 0.15) is 0 Å². The lowest BCUT2D eigenvalue weighted by Gasteiger charge is -2.38. The van der Waals surface area contributed by atoms with Gasteiger partial charge in [-0.15, -0.1) is 0 Å². The fourth-order valence-electron chi connectivity index (χ4n) is 1.83. The number of aliphatic hydroxyl groups excluding tert-OH is 1. The number of H-pyrrole nitrogens is 1. The second kappa shape index (κ2) is 3.83. The van der Waals surface area contributed by atoms with Crippen LogP contribution < -0.4 is 4.72 Å². The van der Waals surface area contributed by atoms with Gasteiger partial charge in [-0.3, -0.25) is 5.10 Å². The van der Waals surface area contributed by atoms with E-state index >= 15 is 0 Å². The van der Waals surface area contributed by atoms with Crippen molar-refractivity contribution in [3.8, 4) is 0 Å². The lowest BCUT2D eigenvalue weighted by molar-refractivity contribution is 0.247. The minimum absolute atomic E-state index is 0.0388. The molecule has 0 amide bonds. The molecular formula is C9H15N3O3S. The minimum Gasteiger partial charge on any atom is -0.392 e. The van der Waals surface area contributed by atoms with Gasteiger partial charge in [0.25, 0.3) is 10.0 Å². The predicted molar refractivity (Wildman–Crippen MR) is 57.1 cm³/mol. The molecule has 0 atom stereocenters. The Bertz CT molecular complexity index is 476. The molecule has 90 valence electrons. The zero-order chi connectivity index (χ0) is 11.8. The van der Waals surface area contributed by atoms with E-state index in [-0.39, 0.29) is 22.7 Å². The van der Waals surface area contributed by atoms with Crippen LogP contribution in [-0.2, 0) is 16.6 Å². The summed E-state index contributed by atoms with van der Waals surface area (Å²) in [6.07, 6.45) is 4.04. The monoisotopic (exact) mass is 245 g/mol. The molecule has 1 fully saturated rings. The number of sulfonamides is 1. The molecule has 6 nitrogen and oxygen atoms in total. The molecule has 0 unspecified atom stereocenters. The maximum Gasteiger partial charge on any atom is 0.258 e. The fourth-order valence-corrected chi connectivity index (χ4v) is 3.42. The average molecular weight is 245 g/mol. The summed E-state index contributed by atoms with van der Waals surface area (Å²) in [6, 6.07) is 0. The van der Waals surface area contributed by atoms with Crippen LogP contribution in [0.2, 0.25) is 0 Å². The zero-order valence-corrected chi connectivity index (χ0v) is 9.84. The van der Waals surface area contributed by atoms with Crippen molar-refractivity contribution in [2.75, 3.05) is 0 Å². The van der Waals surface area contributed by atoms with Crippen LogP contribution in [0.15, 0.2) is 11.2 Å². The number of nitrogens with one attached hydrogen (secondary N) is 2. The van der Waals surface area contributed by atoms with Crippen LogP contribution in [0, 0.1) is 0 Å². The topological polar surface area (TPSA) is 95.1 Å². The van der Waals surface area contributed by atoms with Crippen LogP contribution >= 0.6 is 0 Å². The summed E-state index contributed by atoms with van der Waals surface area (Å²) in [6.45, 7) is 1.53. The second-order valence-electron chi connectivity index (χ2n) is 4.40. The number of nitrogens with zero attached hydrogens (tertiary/aromatic N) is 1. The first-order chi connectivity index (χ1) is 7.47. The van der Waals surface area contributed by atoms with Gasteiger partial charge in [-0.05, 0) is 26.2 Å². The standard InChI is InChI=1S/C9H15N3O3S/c1-9(3-2-4-9)12-16(14,15)8-7(6-13)5-10-11-8/h5,12-13H,2-4,6H2,1H3,(H,10,11). The van der Waals surface area contributed by atoms with Crippen LogP contribution in [0.4, 0.5) is 0 Å². The van der Waals surface area contributed by atoms with Crippen molar-refractivity contribution in [2.45, 2.75) is 43.4 Å². The molecule has 1 aliphatic carbocycles. The molecule has 1 saturated carbocycles. The first kappa shape index (κ1) is 11.6. The summed E-state index contributed by atoms with van der Waals surface area (Å²) in [7, 11) is -3.61. The van der Waals surface area contributed by atoms with Gasteiger partial charge in [0, 0.05) is 11.1 Å². The fraction of sp³-hybridized carbons (Fsp3) is 0.667. The molecule has 0 saturated heterocycles. The first-order valence-electron chi connectivity index (χ1n) is 5.14. The highest BCUT2D eigenvalue weighted by atomic mass is 32.2. The molecule has 0 radical (unpaired) electrons. The Kier molecular flexibility index (Phi) is 2.77. The van der Waals surface area contributed by atoms with Crippen molar-refractivity contribution in [3.63, 3.8) is 0 Å². The van der Waals surface area contributed by atoms with Crippen LogP contribution in [0.25, 0.3) is 0 Å². The van der Waals surface area contributed by atoms with Crippen molar-refractivity contribution in [2.24, 2.45) is 0 Å². The molecule has 1 aromatic heterocycles. The van der Waals surface area contributed by atoms with Gasteiger partial charge >= 0.3 is 0 Å². The molecule has 1 aromatic rings. The largest absolute Gasteiger partial charge is 0.392 e. The Hall–Kier alpha value is -0.920. The molecule has 1 heterocycles. The van der Waals surface area contributed by atoms with Crippen molar-refractivity contribution in [1.82, 2.24) is 14.9 Å². The van der Waals surface area contributed by atoms with Crippen molar-refractivity contribution < 1.29 is 13.5 Å². The van der Waals surface area contributed by atoms with Crippen LogP contribution in [0.5, 0.6) is 0 Å². The highest BCUT2D eigenvalue weighted by Crippen LogP contribution is 2.32. The van der Waals surface area contributed by atoms with E-state index < -0.39 is 10.0 Å². The molecule has 1 aliphatic rings. The number of rotatable bonds is 4. The highest BCUT2D eigenvalue weighted by molar-refractivity contribution is 7.89. The summed E-state index contributed by atoms with van der Waals surface area (Å²) >= 11 is 0. The third-order valence-electron chi connectivity index (χ3n) is 2.96. The van der Waals surface area contributed by atoms with Gasteiger partial charge in [-0.1, -0.05) is 0 Å². The van der Waals surface area contributed by atoms with Gasteiger partial charge in [-0.2, -0.15) is 5.10 Å². The molecule has 7 heteroatoms. The molecule has 0 aromatic carbocycles. The summed E-state index contributed by atoms with van der Waals surface area (Å²) in [5.41, 5.74) is -0.0631. The Morgan fingerprint density at radius 1 is 1.62 bits per heavy atom. The molecule has 2 rings (SSSR count). The van der Waals surface area contributed by atoms with Gasteiger partial charge in [0.05, 0.1) is 12.8 Å². The van der Waals surface area contributed by atoms with E-state index in [1.807, 2.05) is 6.92 Å². The zero-order valence-electron chi connectivity index (χ0n) is 9.02. The lowest BCUT2D eigenvalue weighted by Crippen LogP contribution is -2.50. The predicted octanol–water partition coefficient (Wildman–Crippen LogP) is 0.123. The number of aliphatic hydroxyl groups is 1. The van der Waals surface area contributed by atoms with Gasteiger partial charge < -0.3 is 5.11 Å². The third-order valence-corrected chi connectivity index (χ3v) is 4.61. The molecule has 0 spiro atoms. The van der Waals surface area contributed by atoms with Crippen LogP contribution in [-0.4, -0.2) is 29.3 Å². The van der Waals surface area contributed by atoms with Gasteiger partial charge in [0.15, 0.2) is 5.03 Å². The number of hydrogen-bond acceptors (Lipinski definition) is 4. The van der Waals surface area contributed by atoms with Crippen LogP contribution in [0.3, 0.4) is 0 Å². The quantitative estimate of drug-likeness (QED) is 0.702. The number of aromatic nitrogens is 2. The number of aromatic amines is 1. The molecule has 0 aliphatic heterocycles. The van der Waals surface area contributed by atoms with Crippen molar-refractivity contribution >= 4 is 10.0 Å². The van der Waals surface area contributed by atoms with Gasteiger partial charge in [-0.25, -0.2) is 13.1 Å². The van der Waals surface area contributed by atoms with Crippen molar-refractivity contribution in [1.29, 1.82) is 0 Å². The summed E-state index contributed by atoms with van der Waals surface area (Å²) in [5, 5.41) is 15.0. The molecule has 3 N–H and O–H groups in total. The van der Waals surface area contributed by atoms with Crippen molar-refractivity contribution in [3.05, 3.63) is 11.8 Å². The summed E-state index contributed by atoms with van der Waals surface area (Å²) < 4.78 is 26.6. The Morgan fingerprint density at radius 2 is 2.31 bits per heavy atom. The third kappa shape index (κ3) is 1.98. The van der Waals surface area contributed by atoms with E-state index in [2.05, 4.69) is 14.9 Å². The summed E-state index contributed by atoms with van der Waals surface area (Å²) in [4.78, 5) is 0. The lowest BCUT2D eigenvalue weighted by atomic mass is 9.80. The maximum absolute atomic E-state index is 12.0. The van der Waals surface area contributed by atoms with Crippen LogP contribution in [0.1, 0.15) is 31.7 Å².